The first-order valence-corrected chi connectivity index (χ1v) is 13.2. The molecule has 2 atom stereocenters. The molecule has 0 aliphatic rings. The highest BCUT2D eigenvalue weighted by atomic mass is 16.5. The summed E-state index contributed by atoms with van der Waals surface area (Å²) in [6, 6.07) is 23.7. The minimum absolute atomic E-state index is 0.135. The Bertz CT molecular complexity index is 1210. The second-order valence-electron chi connectivity index (χ2n) is 10.1. The van der Waals surface area contributed by atoms with Crippen molar-refractivity contribution in [3.63, 3.8) is 0 Å². The molecule has 206 valence electrons. The van der Waals surface area contributed by atoms with Crippen LogP contribution in [0.15, 0.2) is 78.9 Å². The third-order valence-electron chi connectivity index (χ3n) is 6.47. The van der Waals surface area contributed by atoms with Gasteiger partial charge < -0.3 is 15.7 Å². The maximum atomic E-state index is 13.3. The van der Waals surface area contributed by atoms with Gasteiger partial charge in [-0.3, -0.25) is 19.6 Å². The quantitative estimate of drug-likeness (QED) is 0.168. The van der Waals surface area contributed by atoms with Crippen molar-refractivity contribution in [2.75, 3.05) is 6.54 Å². The molecule has 0 aliphatic carbocycles. The third kappa shape index (κ3) is 9.57. The number of amides is 3. The number of phenolic OH excluding ortho intramolecular Hbond substituents is 1. The van der Waals surface area contributed by atoms with E-state index >= 15 is 0 Å². The van der Waals surface area contributed by atoms with E-state index < -0.39 is 23.8 Å². The molecule has 0 aliphatic heterocycles. The van der Waals surface area contributed by atoms with Gasteiger partial charge in [0.05, 0.1) is 0 Å². The minimum Gasteiger partial charge on any atom is -0.508 e. The molecule has 0 spiro atoms. The fraction of sp³-hybridized carbons (Fsp3) is 0.323. The monoisotopic (exact) mass is 531 g/mol. The molecule has 0 radical (unpaired) electrons. The minimum atomic E-state index is -0.855. The highest BCUT2D eigenvalue weighted by molar-refractivity contribution is 5.90. The Hall–Kier alpha value is -4.17. The molecule has 5 N–H and O–H groups in total. The van der Waals surface area contributed by atoms with E-state index in [9.17, 15) is 19.5 Å². The molecule has 0 bridgehead atoms. The van der Waals surface area contributed by atoms with Crippen molar-refractivity contribution in [2.45, 2.75) is 45.6 Å². The zero-order valence-electron chi connectivity index (χ0n) is 22.4. The highest BCUT2D eigenvalue weighted by Gasteiger charge is 2.28. The molecule has 8 nitrogen and oxygen atoms in total. The van der Waals surface area contributed by atoms with E-state index in [0.29, 0.717) is 19.4 Å². The van der Waals surface area contributed by atoms with Crippen LogP contribution in [0.1, 0.15) is 37.8 Å². The van der Waals surface area contributed by atoms with Crippen LogP contribution in [0.25, 0.3) is 11.1 Å². The molecule has 0 aromatic heterocycles. The van der Waals surface area contributed by atoms with Crippen LogP contribution in [0.5, 0.6) is 5.75 Å². The summed E-state index contributed by atoms with van der Waals surface area (Å²) >= 11 is 0. The second kappa shape index (κ2) is 14.7. The summed E-state index contributed by atoms with van der Waals surface area (Å²) in [6.45, 7) is 4.24. The molecule has 0 saturated heterocycles. The van der Waals surface area contributed by atoms with Crippen molar-refractivity contribution >= 4 is 17.7 Å². The molecule has 0 heterocycles. The molecule has 3 rings (SSSR count). The highest BCUT2D eigenvalue weighted by Crippen LogP contribution is 2.21. The van der Waals surface area contributed by atoms with Crippen molar-refractivity contribution in [3.05, 3.63) is 90.0 Å². The number of rotatable bonds is 13. The predicted molar refractivity (Wildman–Crippen MR) is 150 cm³/mol. The lowest BCUT2D eigenvalue weighted by Gasteiger charge is -2.23. The van der Waals surface area contributed by atoms with Crippen LogP contribution in [0, 0.1) is 11.8 Å². The predicted octanol–water partition coefficient (Wildman–Crippen LogP) is 4.00. The van der Waals surface area contributed by atoms with Gasteiger partial charge in [-0.25, -0.2) is 5.48 Å². The molecule has 3 amide bonds. The van der Waals surface area contributed by atoms with Gasteiger partial charge in [-0.1, -0.05) is 80.6 Å². The fourth-order valence-corrected chi connectivity index (χ4v) is 4.44. The first-order chi connectivity index (χ1) is 18.7. The molecular weight excluding hydrogens is 494 g/mol. The van der Waals surface area contributed by atoms with E-state index in [1.807, 2.05) is 68.4 Å². The van der Waals surface area contributed by atoms with Crippen LogP contribution < -0.4 is 16.1 Å². The van der Waals surface area contributed by atoms with Gasteiger partial charge in [-0.05, 0) is 53.1 Å². The van der Waals surface area contributed by atoms with Crippen molar-refractivity contribution in [3.8, 4) is 16.9 Å². The van der Waals surface area contributed by atoms with Crippen LogP contribution in [-0.2, 0) is 27.2 Å². The van der Waals surface area contributed by atoms with E-state index in [0.717, 1.165) is 22.3 Å². The maximum absolute atomic E-state index is 13.3. The summed E-state index contributed by atoms with van der Waals surface area (Å²) in [5, 5.41) is 24.2. The van der Waals surface area contributed by atoms with E-state index in [4.69, 9.17) is 5.21 Å². The largest absolute Gasteiger partial charge is 0.508 e. The standard InChI is InChI=1S/C31H37N3O5/c1-21(2)18-26(20-29(36)34-39)30(37)33-28(31(38)32-17-16-22-10-14-27(35)15-11-22)19-23-8-12-25(13-9-23)24-6-4-3-5-7-24/h3-15,21,26,28,35,39H,16-20H2,1-2H3,(H,32,38)(H,33,37)(H,34,36)/t26-,28-/m1/s1. The molecule has 0 fully saturated rings. The summed E-state index contributed by atoms with van der Waals surface area (Å²) in [6.07, 6.45) is 1.08. The third-order valence-corrected chi connectivity index (χ3v) is 6.47. The molecule has 39 heavy (non-hydrogen) atoms. The number of phenols is 1. The Labute approximate surface area is 229 Å². The van der Waals surface area contributed by atoms with E-state index in [1.54, 1.807) is 29.7 Å². The number of aromatic hydroxyl groups is 1. The number of carbonyl (C=O) groups is 3. The molecular formula is C31H37N3O5. The zero-order valence-corrected chi connectivity index (χ0v) is 22.4. The summed E-state index contributed by atoms with van der Waals surface area (Å²) in [5.74, 6) is -1.77. The summed E-state index contributed by atoms with van der Waals surface area (Å²) in [4.78, 5) is 38.3. The Kier molecular flexibility index (Phi) is 11.1. The van der Waals surface area contributed by atoms with E-state index in [1.165, 1.54) is 0 Å². The van der Waals surface area contributed by atoms with Gasteiger partial charge in [0, 0.05) is 25.3 Å². The van der Waals surface area contributed by atoms with E-state index in [-0.39, 0.29) is 30.4 Å². The number of hydroxylamine groups is 1. The Balaban J connectivity index is 1.73. The topological polar surface area (TPSA) is 128 Å². The average Bonchev–Trinajstić information content (AvgIpc) is 2.93. The summed E-state index contributed by atoms with van der Waals surface area (Å²) < 4.78 is 0. The Morgan fingerprint density at radius 2 is 1.41 bits per heavy atom. The first kappa shape index (κ1) is 29.4. The summed E-state index contributed by atoms with van der Waals surface area (Å²) in [7, 11) is 0. The van der Waals surface area contributed by atoms with Gasteiger partial charge in [0.15, 0.2) is 0 Å². The molecule has 3 aromatic rings. The number of carbonyl (C=O) groups excluding carboxylic acids is 3. The molecule has 0 saturated carbocycles. The van der Waals surface area contributed by atoms with Crippen molar-refractivity contribution < 1.29 is 24.7 Å². The van der Waals surface area contributed by atoms with Crippen LogP contribution in [0.3, 0.4) is 0 Å². The second-order valence-corrected chi connectivity index (χ2v) is 10.1. The van der Waals surface area contributed by atoms with Gasteiger partial charge in [0.25, 0.3) is 0 Å². The zero-order chi connectivity index (χ0) is 28.2. The van der Waals surface area contributed by atoms with Gasteiger partial charge in [0.2, 0.25) is 17.7 Å². The van der Waals surface area contributed by atoms with Crippen molar-refractivity contribution in [2.24, 2.45) is 11.8 Å². The molecule has 8 heteroatoms. The Morgan fingerprint density at radius 1 is 0.795 bits per heavy atom. The molecule has 3 aromatic carbocycles. The van der Waals surface area contributed by atoms with Crippen LogP contribution in [0.2, 0.25) is 0 Å². The van der Waals surface area contributed by atoms with Gasteiger partial charge in [-0.2, -0.15) is 0 Å². The molecule has 0 unspecified atom stereocenters. The fourth-order valence-electron chi connectivity index (χ4n) is 4.44. The lowest BCUT2D eigenvalue weighted by Crippen LogP contribution is -2.50. The van der Waals surface area contributed by atoms with Gasteiger partial charge in [0.1, 0.15) is 11.8 Å². The number of hydrogen-bond acceptors (Lipinski definition) is 5. The smallest absolute Gasteiger partial charge is 0.244 e. The lowest BCUT2D eigenvalue weighted by atomic mass is 9.92. The number of benzene rings is 3. The summed E-state index contributed by atoms with van der Waals surface area (Å²) in [5.41, 5.74) is 5.55. The Morgan fingerprint density at radius 3 is 2.03 bits per heavy atom. The normalized spacial score (nSPS) is 12.4. The number of hydrogen-bond donors (Lipinski definition) is 5. The van der Waals surface area contributed by atoms with Crippen LogP contribution >= 0.6 is 0 Å². The SMILES string of the molecule is CC(C)C[C@H](CC(=O)NO)C(=O)N[C@H](Cc1ccc(-c2ccccc2)cc1)C(=O)NCCc1ccc(O)cc1. The van der Waals surface area contributed by atoms with Crippen molar-refractivity contribution in [1.29, 1.82) is 0 Å². The maximum Gasteiger partial charge on any atom is 0.244 e. The van der Waals surface area contributed by atoms with Crippen LogP contribution in [-0.4, -0.2) is 40.6 Å². The first-order valence-electron chi connectivity index (χ1n) is 13.2. The van der Waals surface area contributed by atoms with Gasteiger partial charge >= 0.3 is 0 Å². The lowest BCUT2D eigenvalue weighted by molar-refractivity contribution is -0.136. The van der Waals surface area contributed by atoms with Crippen LogP contribution in [0.4, 0.5) is 0 Å². The number of nitrogens with one attached hydrogen (secondary N) is 3. The van der Waals surface area contributed by atoms with Crippen molar-refractivity contribution in [1.82, 2.24) is 16.1 Å². The average molecular weight is 532 g/mol. The van der Waals surface area contributed by atoms with Gasteiger partial charge in [-0.15, -0.1) is 0 Å². The van der Waals surface area contributed by atoms with E-state index in [2.05, 4.69) is 10.6 Å².